The van der Waals surface area contributed by atoms with Gasteiger partial charge >= 0.3 is 0 Å². The molecule has 1 aliphatic rings. The van der Waals surface area contributed by atoms with Gasteiger partial charge in [-0.25, -0.2) is 0 Å². The first-order valence-corrected chi connectivity index (χ1v) is 7.07. The van der Waals surface area contributed by atoms with Gasteiger partial charge in [-0.05, 0) is 44.0 Å². The summed E-state index contributed by atoms with van der Waals surface area (Å²) in [5.74, 6) is 0.510. The van der Waals surface area contributed by atoms with Crippen molar-refractivity contribution in [3.8, 4) is 17.2 Å². The molecule has 1 unspecified atom stereocenters. The van der Waals surface area contributed by atoms with Gasteiger partial charge in [-0.15, -0.1) is 0 Å². The summed E-state index contributed by atoms with van der Waals surface area (Å²) >= 11 is 0. The fourth-order valence-electron chi connectivity index (χ4n) is 2.68. The minimum atomic E-state index is -0.115. The highest BCUT2D eigenvalue weighted by molar-refractivity contribution is 5.50. The summed E-state index contributed by atoms with van der Waals surface area (Å²) in [5, 5.41) is 19.1. The van der Waals surface area contributed by atoms with Crippen molar-refractivity contribution in [3.05, 3.63) is 17.7 Å². The molecule has 0 spiro atoms. The van der Waals surface area contributed by atoms with E-state index >= 15 is 0 Å². The van der Waals surface area contributed by atoms with E-state index < -0.39 is 0 Å². The smallest absolute Gasteiger partial charge is 0.161 e. The Morgan fingerprint density at radius 1 is 1.16 bits per heavy atom. The average Bonchev–Trinajstić information content (AvgIpc) is 2.39. The van der Waals surface area contributed by atoms with Crippen molar-refractivity contribution in [1.82, 2.24) is 4.90 Å². The monoisotopic (exact) mass is 265 g/mol. The van der Waals surface area contributed by atoms with E-state index in [-0.39, 0.29) is 11.5 Å². The topological polar surface area (TPSA) is 52.9 Å². The molecule has 1 heterocycles. The molecular weight excluding hydrogens is 242 g/mol. The second kappa shape index (κ2) is 6.15. The number of rotatable bonds is 5. The lowest BCUT2D eigenvalue weighted by Crippen LogP contribution is -2.43. The normalized spacial score (nSPS) is 18.2. The Labute approximate surface area is 114 Å². The van der Waals surface area contributed by atoms with E-state index in [1.165, 1.54) is 6.07 Å². The molecule has 1 aliphatic heterocycles. The second-order valence-electron chi connectivity index (χ2n) is 5.15. The molecule has 106 valence electrons. The molecule has 0 bridgehead atoms. The van der Waals surface area contributed by atoms with Crippen LogP contribution in [0, 0.1) is 0 Å². The highest BCUT2D eigenvalue weighted by Gasteiger charge is 2.25. The van der Waals surface area contributed by atoms with Gasteiger partial charge in [0, 0.05) is 12.1 Å². The molecule has 0 saturated heterocycles. The van der Waals surface area contributed by atoms with Gasteiger partial charge in [0.1, 0.15) is 12.4 Å². The lowest BCUT2D eigenvalue weighted by atomic mass is 10.0. The van der Waals surface area contributed by atoms with Crippen molar-refractivity contribution in [2.45, 2.75) is 39.2 Å². The maximum absolute atomic E-state index is 9.59. The first-order chi connectivity index (χ1) is 9.15. The summed E-state index contributed by atoms with van der Waals surface area (Å²) < 4.78 is 5.73. The van der Waals surface area contributed by atoms with E-state index in [0.717, 1.165) is 37.9 Å². The van der Waals surface area contributed by atoms with Crippen LogP contribution in [0.5, 0.6) is 17.2 Å². The van der Waals surface area contributed by atoms with Gasteiger partial charge in [0.2, 0.25) is 0 Å². The van der Waals surface area contributed by atoms with E-state index in [1.54, 1.807) is 6.07 Å². The van der Waals surface area contributed by atoms with Crippen molar-refractivity contribution >= 4 is 0 Å². The van der Waals surface area contributed by atoms with Crippen molar-refractivity contribution in [1.29, 1.82) is 0 Å². The number of phenols is 2. The lowest BCUT2D eigenvalue weighted by Gasteiger charge is -2.34. The van der Waals surface area contributed by atoms with E-state index in [2.05, 4.69) is 18.7 Å². The zero-order valence-electron chi connectivity index (χ0n) is 11.7. The van der Waals surface area contributed by atoms with Crippen molar-refractivity contribution < 1.29 is 14.9 Å². The predicted molar refractivity (Wildman–Crippen MR) is 74.9 cm³/mol. The summed E-state index contributed by atoms with van der Waals surface area (Å²) in [7, 11) is 0. The van der Waals surface area contributed by atoms with Crippen LogP contribution >= 0.6 is 0 Å². The van der Waals surface area contributed by atoms with Gasteiger partial charge in [0.05, 0.1) is 0 Å². The Balaban J connectivity index is 2.14. The number of fused-ring (bicyclic) bond motifs is 1. The summed E-state index contributed by atoms with van der Waals surface area (Å²) in [6.07, 6.45) is 3.12. The van der Waals surface area contributed by atoms with Crippen LogP contribution in [0.1, 0.15) is 32.3 Å². The number of benzene rings is 1. The van der Waals surface area contributed by atoms with Crippen LogP contribution in [0.25, 0.3) is 0 Å². The third-order valence-electron chi connectivity index (χ3n) is 3.58. The number of phenolic OH excluding ortho intramolecular Hbond substituents is 2. The molecule has 0 saturated carbocycles. The highest BCUT2D eigenvalue weighted by Crippen LogP contribution is 2.36. The summed E-state index contributed by atoms with van der Waals surface area (Å²) in [6.45, 7) is 7.16. The molecule has 0 aromatic heterocycles. The Kier molecular flexibility index (Phi) is 4.53. The first-order valence-electron chi connectivity index (χ1n) is 7.07. The SMILES string of the molecule is CCCN(CCC)C1COc2cc(O)c(O)cc2C1. The average molecular weight is 265 g/mol. The molecule has 1 aromatic carbocycles. The molecule has 1 atom stereocenters. The maximum atomic E-state index is 9.59. The molecule has 1 aromatic rings. The second-order valence-corrected chi connectivity index (χ2v) is 5.15. The van der Waals surface area contributed by atoms with Crippen LogP contribution < -0.4 is 4.74 Å². The molecular formula is C15H23NO3. The van der Waals surface area contributed by atoms with Crippen LogP contribution in [0.3, 0.4) is 0 Å². The van der Waals surface area contributed by atoms with Crippen LogP contribution in [-0.4, -0.2) is 40.9 Å². The Hall–Kier alpha value is -1.42. The quantitative estimate of drug-likeness (QED) is 0.803. The fourth-order valence-corrected chi connectivity index (χ4v) is 2.68. The molecule has 4 heteroatoms. The third-order valence-corrected chi connectivity index (χ3v) is 3.58. The number of nitrogens with zero attached hydrogens (tertiary/aromatic N) is 1. The molecule has 2 rings (SSSR count). The van der Waals surface area contributed by atoms with E-state index in [1.807, 2.05) is 0 Å². The summed E-state index contributed by atoms with van der Waals surface area (Å²) in [5.41, 5.74) is 0.976. The van der Waals surface area contributed by atoms with Gasteiger partial charge in [-0.1, -0.05) is 13.8 Å². The molecule has 2 N–H and O–H groups in total. The van der Waals surface area contributed by atoms with Gasteiger partial charge in [0.25, 0.3) is 0 Å². The van der Waals surface area contributed by atoms with E-state index in [9.17, 15) is 10.2 Å². The standard InChI is InChI=1S/C15H23NO3/c1-3-5-16(6-4-2)12-7-11-8-13(17)14(18)9-15(11)19-10-12/h8-9,12,17-18H,3-7,10H2,1-2H3. The molecule has 0 radical (unpaired) electrons. The Bertz CT molecular complexity index is 428. The summed E-state index contributed by atoms with van der Waals surface area (Å²) in [6, 6.07) is 3.48. The van der Waals surface area contributed by atoms with Gasteiger partial charge in [-0.2, -0.15) is 0 Å². The molecule has 4 nitrogen and oxygen atoms in total. The van der Waals surface area contributed by atoms with Gasteiger partial charge in [0.15, 0.2) is 11.5 Å². The van der Waals surface area contributed by atoms with Gasteiger partial charge < -0.3 is 14.9 Å². The first kappa shape index (κ1) is 14.0. The predicted octanol–water partition coefficient (Wildman–Crippen LogP) is 2.52. The number of ether oxygens (including phenoxy) is 1. The van der Waals surface area contributed by atoms with Crippen LogP contribution in [-0.2, 0) is 6.42 Å². The van der Waals surface area contributed by atoms with E-state index in [0.29, 0.717) is 18.4 Å². The minimum absolute atomic E-state index is 0.0690. The Morgan fingerprint density at radius 2 is 1.79 bits per heavy atom. The van der Waals surface area contributed by atoms with Gasteiger partial charge in [-0.3, -0.25) is 4.90 Å². The summed E-state index contributed by atoms with van der Waals surface area (Å²) in [4.78, 5) is 2.45. The molecule has 0 fully saturated rings. The minimum Gasteiger partial charge on any atom is -0.504 e. The Morgan fingerprint density at radius 3 is 2.42 bits per heavy atom. The van der Waals surface area contributed by atoms with E-state index in [4.69, 9.17) is 4.74 Å². The maximum Gasteiger partial charge on any atom is 0.161 e. The highest BCUT2D eigenvalue weighted by atomic mass is 16.5. The zero-order valence-corrected chi connectivity index (χ0v) is 11.7. The van der Waals surface area contributed by atoms with Crippen molar-refractivity contribution in [2.75, 3.05) is 19.7 Å². The molecule has 19 heavy (non-hydrogen) atoms. The molecule has 0 amide bonds. The molecule has 0 aliphatic carbocycles. The van der Waals surface area contributed by atoms with Crippen molar-refractivity contribution in [3.63, 3.8) is 0 Å². The third kappa shape index (κ3) is 3.13. The lowest BCUT2D eigenvalue weighted by molar-refractivity contribution is 0.118. The largest absolute Gasteiger partial charge is 0.504 e. The number of hydrogen-bond donors (Lipinski definition) is 2. The zero-order chi connectivity index (χ0) is 13.8. The van der Waals surface area contributed by atoms with Crippen LogP contribution in [0.4, 0.5) is 0 Å². The van der Waals surface area contributed by atoms with Crippen LogP contribution in [0.2, 0.25) is 0 Å². The number of aromatic hydroxyl groups is 2. The van der Waals surface area contributed by atoms with Crippen molar-refractivity contribution in [2.24, 2.45) is 0 Å². The van der Waals surface area contributed by atoms with Crippen LogP contribution in [0.15, 0.2) is 12.1 Å². The fraction of sp³-hybridized carbons (Fsp3) is 0.600. The number of hydrogen-bond acceptors (Lipinski definition) is 4.